The lowest BCUT2D eigenvalue weighted by atomic mass is 9.43. The molecule has 0 N–H and O–H groups in total. The number of rotatable bonds is 4. The second-order valence-electron chi connectivity index (χ2n) is 10.4. The van der Waals surface area contributed by atoms with Gasteiger partial charge in [0, 0.05) is 12.2 Å². The van der Waals surface area contributed by atoms with Gasteiger partial charge in [-0.1, -0.05) is 48.5 Å². The van der Waals surface area contributed by atoms with E-state index >= 15 is 0 Å². The van der Waals surface area contributed by atoms with E-state index in [1.54, 1.807) is 4.90 Å². The number of carbonyl (C=O) groups excluding carboxylic acids is 2. The third-order valence-electron chi connectivity index (χ3n) is 8.40. The first-order valence-corrected chi connectivity index (χ1v) is 11.7. The Hall–Kier alpha value is -2.62. The number of esters is 1. The Morgan fingerprint density at radius 1 is 0.935 bits per heavy atom. The summed E-state index contributed by atoms with van der Waals surface area (Å²) in [5, 5.41) is 0. The molecular weight excluding hydrogens is 386 g/mol. The summed E-state index contributed by atoms with van der Waals surface area (Å²) in [5.74, 6) is 0.939. The van der Waals surface area contributed by atoms with E-state index in [1.807, 2.05) is 18.2 Å². The number of carbonyl (C=O) groups is 2. The Morgan fingerprint density at radius 2 is 1.65 bits per heavy atom. The van der Waals surface area contributed by atoms with E-state index in [2.05, 4.69) is 36.4 Å². The highest BCUT2D eigenvalue weighted by Crippen LogP contribution is 2.66. The van der Waals surface area contributed by atoms with Crippen LogP contribution in [0.15, 0.2) is 54.6 Å². The highest BCUT2D eigenvalue weighted by molar-refractivity contribution is 5.97. The van der Waals surface area contributed by atoms with Crippen LogP contribution in [0.25, 0.3) is 0 Å². The minimum Gasteiger partial charge on any atom is -0.455 e. The summed E-state index contributed by atoms with van der Waals surface area (Å²) >= 11 is 0. The van der Waals surface area contributed by atoms with Crippen LogP contribution >= 0.6 is 0 Å². The zero-order chi connectivity index (χ0) is 21.1. The number of amides is 1. The molecule has 2 aromatic rings. The zero-order valence-electron chi connectivity index (χ0n) is 17.9. The molecule has 0 radical (unpaired) electrons. The first-order chi connectivity index (χ1) is 15.1. The highest BCUT2D eigenvalue weighted by Gasteiger charge is 2.61. The van der Waals surface area contributed by atoms with Crippen LogP contribution in [0.5, 0.6) is 0 Å². The fraction of sp³-hybridized carbons (Fsp3) is 0.481. The van der Waals surface area contributed by atoms with Crippen molar-refractivity contribution in [3.63, 3.8) is 0 Å². The Kier molecular flexibility index (Phi) is 4.28. The van der Waals surface area contributed by atoms with E-state index < -0.39 is 5.41 Å². The minimum absolute atomic E-state index is 0.0995. The number of ether oxygens (including phenoxy) is 1. The van der Waals surface area contributed by atoms with E-state index in [0.29, 0.717) is 18.4 Å². The van der Waals surface area contributed by atoms with Gasteiger partial charge in [0.1, 0.15) is 0 Å². The first kappa shape index (κ1) is 19.1. The Bertz CT molecular complexity index is 1020. The maximum atomic E-state index is 13.4. The molecule has 2 unspecified atom stereocenters. The largest absolute Gasteiger partial charge is 0.455 e. The number of fused-ring (bicyclic) bond motifs is 1. The molecule has 0 spiro atoms. The highest BCUT2D eigenvalue weighted by atomic mass is 16.5. The van der Waals surface area contributed by atoms with Gasteiger partial charge in [-0.15, -0.1) is 0 Å². The van der Waals surface area contributed by atoms with Gasteiger partial charge in [-0.2, -0.15) is 0 Å². The van der Waals surface area contributed by atoms with Crippen LogP contribution in [0.1, 0.15) is 49.7 Å². The van der Waals surface area contributed by atoms with Crippen LogP contribution in [0, 0.1) is 17.3 Å². The summed E-state index contributed by atoms with van der Waals surface area (Å²) in [4.78, 5) is 28.1. The van der Waals surface area contributed by atoms with Crippen molar-refractivity contribution in [2.24, 2.45) is 17.3 Å². The van der Waals surface area contributed by atoms with Crippen LogP contribution in [0.4, 0.5) is 5.69 Å². The lowest BCUT2D eigenvalue weighted by Gasteiger charge is -2.61. The molecule has 4 bridgehead atoms. The average molecular weight is 416 g/mol. The summed E-state index contributed by atoms with van der Waals surface area (Å²) in [7, 11) is 0. The maximum Gasteiger partial charge on any atom is 0.312 e. The molecule has 4 heteroatoms. The van der Waals surface area contributed by atoms with Gasteiger partial charge in [-0.3, -0.25) is 9.59 Å². The zero-order valence-corrected chi connectivity index (χ0v) is 17.9. The molecule has 31 heavy (non-hydrogen) atoms. The summed E-state index contributed by atoms with van der Waals surface area (Å²) in [5.41, 5.74) is 3.21. The molecule has 4 saturated carbocycles. The molecule has 4 fully saturated rings. The van der Waals surface area contributed by atoms with Gasteiger partial charge in [-0.25, -0.2) is 0 Å². The van der Waals surface area contributed by atoms with Gasteiger partial charge in [0.25, 0.3) is 5.91 Å². The predicted molar refractivity (Wildman–Crippen MR) is 119 cm³/mol. The summed E-state index contributed by atoms with van der Waals surface area (Å²) < 4.78 is 5.77. The molecule has 0 aromatic heterocycles. The molecule has 0 saturated heterocycles. The van der Waals surface area contributed by atoms with Crippen LogP contribution < -0.4 is 4.90 Å². The number of anilines is 1. The third kappa shape index (κ3) is 3.02. The number of para-hydroxylation sites is 1. The van der Waals surface area contributed by atoms with Gasteiger partial charge < -0.3 is 9.64 Å². The summed E-state index contributed by atoms with van der Waals surface area (Å²) in [6, 6.07) is 18.8. The van der Waals surface area contributed by atoms with E-state index in [1.165, 1.54) is 30.4 Å². The van der Waals surface area contributed by atoms with E-state index in [4.69, 9.17) is 4.74 Å². The Labute approximate surface area is 183 Å². The molecule has 1 amide bonds. The van der Waals surface area contributed by atoms with Crippen LogP contribution in [-0.2, 0) is 26.2 Å². The number of benzene rings is 2. The lowest BCUT2D eigenvalue weighted by Crippen LogP contribution is -2.57. The fourth-order valence-electron chi connectivity index (χ4n) is 7.59. The Balaban J connectivity index is 1.19. The number of nitrogens with zero attached hydrogens (tertiary/aromatic N) is 1. The quantitative estimate of drug-likeness (QED) is 0.683. The van der Waals surface area contributed by atoms with Crippen molar-refractivity contribution in [3.05, 3.63) is 65.7 Å². The minimum atomic E-state index is -0.414. The smallest absolute Gasteiger partial charge is 0.312 e. The average Bonchev–Trinajstić information content (AvgIpc) is 3.21. The normalized spacial score (nSPS) is 32.7. The number of hydrogen-bond donors (Lipinski definition) is 0. The van der Waals surface area contributed by atoms with Gasteiger partial charge in [0.2, 0.25) is 0 Å². The molecule has 2 aromatic carbocycles. The van der Waals surface area contributed by atoms with Crippen molar-refractivity contribution >= 4 is 17.6 Å². The summed E-state index contributed by atoms with van der Waals surface area (Å²) in [6.07, 6.45) is 7.21. The van der Waals surface area contributed by atoms with Gasteiger partial charge in [0.05, 0.1) is 5.41 Å². The van der Waals surface area contributed by atoms with Gasteiger partial charge >= 0.3 is 5.97 Å². The molecule has 7 rings (SSSR count). The van der Waals surface area contributed by atoms with Gasteiger partial charge in [0.15, 0.2) is 6.61 Å². The molecule has 2 atom stereocenters. The predicted octanol–water partition coefficient (Wildman–Crippen LogP) is 4.66. The van der Waals surface area contributed by atoms with E-state index in [-0.39, 0.29) is 23.9 Å². The van der Waals surface area contributed by atoms with Gasteiger partial charge in [-0.05, 0) is 79.4 Å². The van der Waals surface area contributed by atoms with Crippen LogP contribution in [0.2, 0.25) is 0 Å². The standard InChI is InChI=1S/C27H29NO3/c29-24(28-11-10-21-6-4-5-9-23(21)28)17-31-25(30)27-15-19-12-20(16-27)14-26(13-19,18-27)22-7-2-1-3-8-22/h1-9,19-20H,10-18H2. The van der Waals surface area contributed by atoms with Crippen molar-refractivity contribution in [3.8, 4) is 0 Å². The molecule has 1 aliphatic heterocycles. The monoisotopic (exact) mass is 415 g/mol. The molecule has 1 heterocycles. The second kappa shape index (κ2) is 6.94. The summed E-state index contributed by atoms with van der Waals surface area (Å²) in [6.45, 7) is 0.519. The first-order valence-electron chi connectivity index (χ1n) is 11.7. The molecule has 5 aliphatic rings. The molecule has 4 aliphatic carbocycles. The molecular formula is C27H29NO3. The SMILES string of the molecule is O=C(COC(=O)C12CC3CC(C1)CC(c1ccccc1)(C3)C2)N1CCc2ccccc21. The third-order valence-corrected chi connectivity index (χ3v) is 8.40. The van der Waals surface area contributed by atoms with Crippen LogP contribution in [0.3, 0.4) is 0 Å². The second-order valence-corrected chi connectivity index (χ2v) is 10.4. The maximum absolute atomic E-state index is 13.4. The van der Waals surface area contributed by atoms with E-state index in [0.717, 1.165) is 31.4 Å². The topological polar surface area (TPSA) is 46.6 Å². The Morgan fingerprint density at radius 3 is 2.42 bits per heavy atom. The molecule has 160 valence electrons. The van der Waals surface area contributed by atoms with Crippen molar-refractivity contribution in [2.45, 2.75) is 50.4 Å². The van der Waals surface area contributed by atoms with Crippen molar-refractivity contribution in [2.75, 3.05) is 18.1 Å². The van der Waals surface area contributed by atoms with Crippen LogP contribution in [-0.4, -0.2) is 25.0 Å². The lowest BCUT2D eigenvalue weighted by molar-refractivity contribution is -0.175. The van der Waals surface area contributed by atoms with Crippen molar-refractivity contribution < 1.29 is 14.3 Å². The fourth-order valence-corrected chi connectivity index (χ4v) is 7.59. The van der Waals surface area contributed by atoms with E-state index in [9.17, 15) is 9.59 Å². The van der Waals surface area contributed by atoms with Crippen molar-refractivity contribution in [1.29, 1.82) is 0 Å². The number of hydrogen-bond acceptors (Lipinski definition) is 3. The van der Waals surface area contributed by atoms with Crippen molar-refractivity contribution in [1.82, 2.24) is 0 Å². The molecule has 4 nitrogen and oxygen atoms in total.